The molecule has 0 amide bonds. The molecule has 30 heavy (non-hydrogen) atoms. The predicted molar refractivity (Wildman–Crippen MR) is 118 cm³/mol. The molecule has 0 aromatic rings. The summed E-state index contributed by atoms with van der Waals surface area (Å²) in [6.07, 6.45) is 11.6. The van der Waals surface area contributed by atoms with Crippen LogP contribution >= 0.6 is 0 Å². The Hall–Kier alpha value is -0.120. The first-order chi connectivity index (χ1) is 14.0. The molecular weight excluding hydrogens is 372 g/mol. The minimum Gasteiger partial charge on any atom is -0.393 e. The van der Waals surface area contributed by atoms with Gasteiger partial charge < -0.3 is 14.9 Å². The molecule has 11 atom stereocenters. The zero-order valence-electron chi connectivity index (χ0n) is 19.9. The van der Waals surface area contributed by atoms with Crippen molar-refractivity contribution in [1.29, 1.82) is 0 Å². The third-order valence-corrected chi connectivity index (χ3v) is 12.9. The maximum atomic E-state index is 10.8. The summed E-state index contributed by atoms with van der Waals surface area (Å²) < 4.78 is 6.33. The van der Waals surface area contributed by atoms with E-state index in [1.807, 2.05) is 0 Å². The fourth-order valence-corrected chi connectivity index (χ4v) is 11.4. The molecule has 1 unspecified atom stereocenters. The number of ether oxygens (including phenoxy) is 1. The van der Waals surface area contributed by atoms with Crippen molar-refractivity contribution in [2.75, 3.05) is 0 Å². The number of hydrogen-bond donors (Lipinski definition) is 2. The molecule has 0 aromatic heterocycles. The minimum absolute atomic E-state index is 0.0672. The second-order valence-corrected chi connectivity index (χ2v) is 13.8. The molecule has 0 bridgehead atoms. The monoisotopic (exact) mass is 416 g/mol. The Kier molecular flexibility index (Phi) is 4.00. The molecule has 1 saturated heterocycles. The zero-order chi connectivity index (χ0) is 21.3. The Labute approximate surface area is 183 Å². The van der Waals surface area contributed by atoms with Crippen LogP contribution in [0.4, 0.5) is 0 Å². The fourth-order valence-electron chi connectivity index (χ4n) is 11.4. The Morgan fingerprint density at radius 1 is 0.767 bits per heavy atom. The lowest BCUT2D eigenvalue weighted by atomic mass is 9.41. The lowest BCUT2D eigenvalue weighted by Gasteiger charge is -2.63. The van der Waals surface area contributed by atoms with Crippen LogP contribution in [0.25, 0.3) is 0 Å². The van der Waals surface area contributed by atoms with Crippen LogP contribution in [0.15, 0.2) is 0 Å². The number of hydrogen-bond acceptors (Lipinski definition) is 3. The van der Waals surface area contributed by atoms with Gasteiger partial charge in [0.05, 0.1) is 12.2 Å². The van der Waals surface area contributed by atoms with E-state index in [0.717, 1.165) is 31.6 Å². The summed E-state index contributed by atoms with van der Waals surface area (Å²) in [5, 5.41) is 21.3. The maximum Gasteiger partial charge on any atom is 0.154 e. The third-order valence-electron chi connectivity index (χ3n) is 12.9. The fraction of sp³-hybridized carbons (Fsp3) is 1.00. The first kappa shape index (κ1) is 20.5. The number of rotatable bonds is 0. The van der Waals surface area contributed by atoms with E-state index in [0.29, 0.717) is 39.4 Å². The standard InChI is InChI=1S/C27H44O3/c1-16-6-9-21(29)30-17-14-25(5)19-8-7-18-23(2,3)20(28)10-11-26(18)15-27(19,26)13-12-24(25,4)22(16)17/h16-22,28-29H,6-15H2,1-5H3/t16-,17+,18+,19+,20+,21?,22+,24-,25+,26-,27+/m1/s1. The van der Waals surface area contributed by atoms with Gasteiger partial charge in [-0.3, -0.25) is 0 Å². The average molecular weight is 417 g/mol. The molecule has 5 aliphatic carbocycles. The summed E-state index contributed by atoms with van der Waals surface area (Å²) in [4.78, 5) is 0. The molecule has 0 radical (unpaired) electrons. The van der Waals surface area contributed by atoms with E-state index < -0.39 is 6.29 Å². The van der Waals surface area contributed by atoms with Crippen LogP contribution in [0.2, 0.25) is 0 Å². The summed E-state index contributed by atoms with van der Waals surface area (Å²) >= 11 is 0. The molecule has 2 spiro atoms. The van der Waals surface area contributed by atoms with E-state index >= 15 is 0 Å². The lowest BCUT2D eigenvalue weighted by molar-refractivity contribution is -0.161. The second-order valence-electron chi connectivity index (χ2n) is 13.8. The van der Waals surface area contributed by atoms with Crippen LogP contribution < -0.4 is 0 Å². The summed E-state index contributed by atoms with van der Waals surface area (Å²) in [6, 6.07) is 0. The summed E-state index contributed by atoms with van der Waals surface area (Å²) in [5.41, 5.74) is 1.74. The van der Waals surface area contributed by atoms with E-state index in [1.165, 1.54) is 38.5 Å². The predicted octanol–water partition coefficient (Wildman–Crippen LogP) is 5.53. The molecule has 5 saturated carbocycles. The number of aliphatic hydroxyl groups is 2. The van der Waals surface area contributed by atoms with Crippen molar-refractivity contribution in [1.82, 2.24) is 0 Å². The highest BCUT2D eigenvalue weighted by atomic mass is 16.6. The first-order valence-corrected chi connectivity index (χ1v) is 13.0. The molecule has 2 N–H and O–H groups in total. The number of aliphatic hydroxyl groups excluding tert-OH is 2. The summed E-state index contributed by atoms with van der Waals surface area (Å²) in [6.45, 7) is 12.4. The van der Waals surface area contributed by atoms with Crippen LogP contribution in [-0.4, -0.2) is 28.7 Å². The molecule has 1 aliphatic heterocycles. The number of fused-ring (bicyclic) bond motifs is 4. The van der Waals surface area contributed by atoms with Gasteiger partial charge in [0.1, 0.15) is 0 Å². The normalized spacial score (nSPS) is 63.5. The van der Waals surface area contributed by atoms with E-state index in [1.54, 1.807) is 0 Å². The molecule has 6 aliphatic rings. The summed E-state index contributed by atoms with van der Waals surface area (Å²) in [7, 11) is 0. The maximum absolute atomic E-state index is 10.8. The van der Waals surface area contributed by atoms with Crippen molar-refractivity contribution in [2.45, 2.75) is 117 Å². The van der Waals surface area contributed by atoms with Crippen molar-refractivity contribution in [3.8, 4) is 0 Å². The highest BCUT2D eigenvalue weighted by Crippen LogP contribution is 2.89. The van der Waals surface area contributed by atoms with Gasteiger partial charge in [-0.2, -0.15) is 0 Å². The highest BCUT2D eigenvalue weighted by Gasteiger charge is 2.82. The van der Waals surface area contributed by atoms with Gasteiger partial charge in [0.2, 0.25) is 0 Å². The van der Waals surface area contributed by atoms with Gasteiger partial charge in [-0.1, -0.05) is 34.6 Å². The Balaban J connectivity index is 1.39. The SMILES string of the molecule is C[C@@H]1CCC(O)O[C@H]2C[C@@]3(C)[C@@H]4CC[C@H]5C(C)(C)[C@@H](O)CC[C@@]56C[C@@]46CC[C@]3(C)[C@@H]12. The van der Waals surface area contributed by atoms with Crippen LogP contribution in [0, 0.1) is 50.7 Å². The molecule has 3 heteroatoms. The quantitative estimate of drug-likeness (QED) is 0.546. The molecule has 170 valence electrons. The molecular formula is C27H44O3. The van der Waals surface area contributed by atoms with Crippen molar-refractivity contribution < 1.29 is 14.9 Å². The third kappa shape index (κ3) is 2.10. The van der Waals surface area contributed by atoms with Crippen LogP contribution in [0.1, 0.15) is 98.8 Å². The van der Waals surface area contributed by atoms with Gasteiger partial charge in [0.25, 0.3) is 0 Å². The van der Waals surface area contributed by atoms with Gasteiger partial charge >= 0.3 is 0 Å². The molecule has 0 aromatic carbocycles. The Morgan fingerprint density at radius 2 is 1.47 bits per heavy atom. The molecule has 1 heterocycles. The molecule has 3 nitrogen and oxygen atoms in total. The van der Waals surface area contributed by atoms with E-state index in [2.05, 4.69) is 34.6 Å². The first-order valence-electron chi connectivity index (χ1n) is 13.0. The minimum atomic E-state index is -0.563. The molecule has 6 fully saturated rings. The average Bonchev–Trinajstić information content (AvgIpc) is 3.31. The van der Waals surface area contributed by atoms with Gasteiger partial charge in [0.15, 0.2) is 6.29 Å². The van der Waals surface area contributed by atoms with Crippen LogP contribution in [0.5, 0.6) is 0 Å². The zero-order valence-corrected chi connectivity index (χ0v) is 19.9. The van der Waals surface area contributed by atoms with Gasteiger partial charge in [-0.15, -0.1) is 0 Å². The smallest absolute Gasteiger partial charge is 0.154 e. The van der Waals surface area contributed by atoms with E-state index in [4.69, 9.17) is 4.74 Å². The van der Waals surface area contributed by atoms with Crippen molar-refractivity contribution >= 4 is 0 Å². The van der Waals surface area contributed by atoms with Crippen molar-refractivity contribution in [2.24, 2.45) is 50.7 Å². The Bertz CT molecular complexity index is 748. The highest BCUT2D eigenvalue weighted by molar-refractivity contribution is 5.31. The van der Waals surface area contributed by atoms with Gasteiger partial charge in [-0.25, -0.2) is 0 Å². The summed E-state index contributed by atoms with van der Waals surface area (Å²) in [5.74, 6) is 2.73. The largest absolute Gasteiger partial charge is 0.393 e. The van der Waals surface area contributed by atoms with Gasteiger partial charge in [-0.05, 0) is 115 Å². The van der Waals surface area contributed by atoms with Crippen molar-refractivity contribution in [3.63, 3.8) is 0 Å². The lowest BCUT2D eigenvalue weighted by Crippen LogP contribution is -2.57. The van der Waals surface area contributed by atoms with Crippen LogP contribution in [-0.2, 0) is 4.74 Å². The second kappa shape index (κ2) is 5.86. The van der Waals surface area contributed by atoms with Crippen LogP contribution in [0.3, 0.4) is 0 Å². The van der Waals surface area contributed by atoms with Gasteiger partial charge in [0, 0.05) is 0 Å². The topological polar surface area (TPSA) is 49.7 Å². The Morgan fingerprint density at radius 3 is 2.23 bits per heavy atom. The molecule has 6 rings (SSSR count). The van der Waals surface area contributed by atoms with E-state index in [-0.39, 0.29) is 17.6 Å². The van der Waals surface area contributed by atoms with Crippen molar-refractivity contribution in [3.05, 3.63) is 0 Å². The van der Waals surface area contributed by atoms with E-state index in [9.17, 15) is 10.2 Å².